The van der Waals surface area contributed by atoms with E-state index in [1.807, 2.05) is 37.3 Å². The van der Waals surface area contributed by atoms with E-state index in [1.165, 1.54) is 16.4 Å². The maximum Gasteiger partial charge on any atom is 0.325 e. The molecule has 0 saturated heterocycles. The maximum atomic E-state index is 12.0. The summed E-state index contributed by atoms with van der Waals surface area (Å²) >= 11 is 1.56. The van der Waals surface area contributed by atoms with Crippen molar-refractivity contribution in [2.75, 3.05) is 0 Å². The van der Waals surface area contributed by atoms with Gasteiger partial charge in [-0.1, -0.05) is 35.5 Å². The average Bonchev–Trinajstić information content (AvgIpc) is 2.98. The van der Waals surface area contributed by atoms with Crippen molar-refractivity contribution in [2.24, 2.45) is 0 Å². The van der Waals surface area contributed by atoms with Crippen LogP contribution in [0.5, 0.6) is 0 Å². The van der Waals surface area contributed by atoms with Crippen molar-refractivity contribution in [1.82, 2.24) is 20.3 Å². The van der Waals surface area contributed by atoms with E-state index in [1.54, 1.807) is 11.8 Å². The van der Waals surface area contributed by atoms with Crippen molar-refractivity contribution >= 4 is 23.6 Å². The van der Waals surface area contributed by atoms with Crippen molar-refractivity contribution in [3.05, 3.63) is 47.8 Å². The number of aromatic nitrogens is 3. The number of benzene rings is 1. The fraction of sp³-hybridized carbons (Fsp3) is 0.333. The third-order valence-electron chi connectivity index (χ3n) is 3.04. The molecule has 1 aromatic heterocycles. The number of carboxylic acid groups (broad SMARTS) is 1. The fourth-order valence-corrected chi connectivity index (χ4v) is 2.70. The van der Waals surface area contributed by atoms with E-state index in [-0.39, 0.29) is 24.2 Å². The van der Waals surface area contributed by atoms with E-state index >= 15 is 0 Å². The third kappa shape index (κ3) is 5.74. The van der Waals surface area contributed by atoms with Gasteiger partial charge in [-0.3, -0.25) is 9.59 Å². The van der Waals surface area contributed by atoms with Crippen molar-refractivity contribution in [3.8, 4) is 0 Å². The molecule has 2 rings (SSSR count). The quantitative estimate of drug-likeness (QED) is 0.755. The Bertz CT molecular complexity index is 660. The van der Waals surface area contributed by atoms with E-state index in [9.17, 15) is 9.59 Å². The minimum absolute atomic E-state index is 0.0845. The van der Waals surface area contributed by atoms with Crippen LogP contribution in [0, 0.1) is 0 Å². The number of thioether (sulfide) groups is 1. The number of carbonyl (C=O) groups is 2. The molecule has 0 aliphatic carbocycles. The number of amides is 1. The van der Waals surface area contributed by atoms with Crippen LogP contribution in [0.3, 0.4) is 0 Å². The first kappa shape index (κ1) is 17.0. The Kier molecular flexibility index (Phi) is 6.16. The van der Waals surface area contributed by atoms with Crippen LogP contribution in [0.1, 0.15) is 18.2 Å². The van der Waals surface area contributed by atoms with Crippen LogP contribution in [0.25, 0.3) is 0 Å². The Labute approximate surface area is 138 Å². The van der Waals surface area contributed by atoms with Gasteiger partial charge >= 0.3 is 5.97 Å². The molecule has 122 valence electrons. The highest BCUT2D eigenvalue weighted by Crippen LogP contribution is 2.17. The summed E-state index contributed by atoms with van der Waals surface area (Å²) < 4.78 is 1.22. The monoisotopic (exact) mass is 334 g/mol. The van der Waals surface area contributed by atoms with Gasteiger partial charge in [-0.15, -0.1) is 16.9 Å². The van der Waals surface area contributed by atoms with Crippen LogP contribution in [0.4, 0.5) is 0 Å². The second kappa shape index (κ2) is 8.33. The van der Waals surface area contributed by atoms with Crippen molar-refractivity contribution in [1.29, 1.82) is 0 Å². The van der Waals surface area contributed by atoms with Gasteiger partial charge in [0.2, 0.25) is 5.91 Å². The molecule has 8 heteroatoms. The molecule has 2 N–H and O–H groups in total. The van der Waals surface area contributed by atoms with E-state index in [0.29, 0.717) is 5.69 Å². The highest BCUT2D eigenvalue weighted by atomic mass is 32.2. The molecular formula is C15H18N4O3S. The lowest BCUT2D eigenvalue weighted by molar-refractivity contribution is -0.138. The van der Waals surface area contributed by atoms with Gasteiger partial charge in [0.05, 0.1) is 18.0 Å². The van der Waals surface area contributed by atoms with Gasteiger partial charge in [-0.05, 0) is 12.5 Å². The van der Waals surface area contributed by atoms with Crippen LogP contribution >= 0.6 is 11.8 Å². The second-order valence-electron chi connectivity index (χ2n) is 4.96. The Balaban J connectivity index is 1.75. The first-order valence-corrected chi connectivity index (χ1v) is 8.13. The molecule has 0 spiro atoms. The van der Waals surface area contributed by atoms with E-state index in [0.717, 1.165) is 5.75 Å². The molecule has 0 aliphatic heterocycles. The number of carboxylic acids is 1. The van der Waals surface area contributed by atoms with Gasteiger partial charge in [-0.2, -0.15) is 0 Å². The highest BCUT2D eigenvalue weighted by Gasteiger charge is 2.14. The van der Waals surface area contributed by atoms with Gasteiger partial charge in [-0.25, -0.2) is 4.68 Å². The van der Waals surface area contributed by atoms with Gasteiger partial charge < -0.3 is 10.4 Å². The lowest BCUT2D eigenvalue weighted by Gasteiger charge is -2.11. The Morgan fingerprint density at radius 2 is 2.09 bits per heavy atom. The highest BCUT2D eigenvalue weighted by molar-refractivity contribution is 7.99. The number of nitrogens with zero attached hydrogens (tertiary/aromatic N) is 3. The molecule has 23 heavy (non-hydrogen) atoms. The zero-order valence-electron chi connectivity index (χ0n) is 12.7. The summed E-state index contributed by atoms with van der Waals surface area (Å²) in [5.41, 5.74) is 1.70. The molecule has 1 aromatic carbocycles. The Morgan fingerprint density at radius 3 is 2.78 bits per heavy atom. The largest absolute Gasteiger partial charge is 0.480 e. The number of hydrogen-bond donors (Lipinski definition) is 2. The third-order valence-corrected chi connectivity index (χ3v) is 4.25. The standard InChI is InChI=1S/C15H18N4O3S/c1-11(23-10-12-5-3-2-4-6-12)15(22)16-7-13-8-19(18-17-13)9-14(20)21/h2-6,8,11H,7,9-10H2,1H3,(H,16,22)(H,20,21). The number of nitrogens with one attached hydrogen (secondary N) is 1. The van der Waals surface area contributed by atoms with Crippen molar-refractivity contribution in [3.63, 3.8) is 0 Å². The van der Waals surface area contributed by atoms with Gasteiger partial charge in [0.25, 0.3) is 0 Å². The molecule has 0 fully saturated rings. The lowest BCUT2D eigenvalue weighted by atomic mass is 10.2. The average molecular weight is 334 g/mol. The Morgan fingerprint density at radius 1 is 1.35 bits per heavy atom. The SMILES string of the molecule is CC(SCc1ccccc1)C(=O)NCc1cn(CC(=O)O)nn1. The minimum Gasteiger partial charge on any atom is -0.480 e. The molecule has 1 atom stereocenters. The zero-order chi connectivity index (χ0) is 16.7. The van der Waals surface area contributed by atoms with Gasteiger partial charge in [0, 0.05) is 5.75 Å². The smallest absolute Gasteiger partial charge is 0.325 e. The topological polar surface area (TPSA) is 97.1 Å². The van der Waals surface area contributed by atoms with E-state index < -0.39 is 5.97 Å². The van der Waals surface area contributed by atoms with Crippen molar-refractivity contribution < 1.29 is 14.7 Å². The number of hydrogen-bond acceptors (Lipinski definition) is 5. The van der Waals surface area contributed by atoms with E-state index in [2.05, 4.69) is 15.6 Å². The van der Waals surface area contributed by atoms with Crippen LogP contribution in [-0.2, 0) is 28.4 Å². The molecule has 0 saturated carbocycles. The summed E-state index contributed by atoms with van der Waals surface area (Å²) in [5, 5.41) is 18.8. The normalized spacial score (nSPS) is 11.9. The second-order valence-corrected chi connectivity index (χ2v) is 6.29. The molecular weight excluding hydrogens is 316 g/mol. The summed E-state index contributed by atoms with van der Waals surface area (Å²) in [6, 6.07) is 9.96. The number of carbonyl (C=O) groups excluding carboxylic acids is 1. The predicted molar refractivity (Wildman–Crippen MR) is 86.7 cm³/mol. The molecule has 1 unspecified atom stereocenters. The summed E-state index contributed by atoms with van der Waals surface area (Å²) in [5.74, 6) is -0.306. The van der Waals surface area contributed by atoms with Crippen LogP contribution in [0.15, 0.2) is 36.5 Å². The zero-order valence-corrected chi connectivity index (χ0v) is 13.5. The fourth-order valence-electron chi connectivity index (χ4n) is 1.83. The van der Waals surface area contributed by atoms with Crippen LogP contribution < -0.4 is 5.32 Å². The molecule has 0 aliphatic rings. The minimum atomic E-state index is -0.989. The summed E-state index contributed by atoms with van der Waals surface area (Å²) in [4.78, 5) is 22.6. The maximum absolute atomic E-state index is 12.0. The van der Waals surface area contributed by atoms with Gasteiger partial charge in [0.1, 0.15) is 12.2 Å². The van der Waals surface area contributed by atoms with Crippen molar-refractivity contribution in [2.45, 2.75) is 31.0 Å². The Hall–Kier alpha value is -2.35. The summed E-state index contributed by atoms with van der Waals surface area (Å²) in [6.07, 6.45) is 1.51. The number of rotatable bonds is 8. The first-order valence-electron chi connectivity index (χ1n) is 7.08. The molecule has 1 heterocycles. The summed E-state index contributed by atoms with van der Waals surface area (Å²) in [7, 11) is 0. The predicted octanol–water partition coefficient (Wildman–Crippen LogP) is 1.30. The molecule has 0 bridgehead atoms. The molecule has 1 amide bonds. The van der Waals surface area contributed by atoms with Crippen LogP contribution in [-0.4, -0.2) is 37.2 Å². The molecule has 2 aromatic rings. The summed E-state index contributed by atoms with van der Waals surface area (Å²) in [6.45, 7) is 1.84. The first-order chi connectivity index (χ1) is 11.0. The van der Waals surface area contributed by atoms with Crippen LogP contribution in [0.2, 0.25) is 0 Å². The number of aliphatic carboxylic acids is 1. The molecule has 7 nitrogen and oxygen atoms in total. The van der Waals surface area contributed by atoms with Gasteiger partial charge in [0.15, 0.2) is 0 Å². The molecule has 0 radical (unpaired) electrons. The van der Waals surface area contributed by atoms with E-state index in [4.69, 9.17) is 5.11 Å². The lowest BCUT2D eigenvalue weighted by Crippen LogP contribution is -2.30.